The molecule has 0 saturated carbocycles. The smallest absolute Gasteiger partial charge is 0.129 e. The Kier molecular flexibility index (Phi) is 5.54. The van der Waals surface area contributed by atoms with Gasteiger partial charge >= 0.3 is 0 Å². The number of aromatic nitrogens is 2. The third kappa shape index (κ3) is 4.63. The Balaban J connectivity index is 1.51. The molecule has 0 aliphatic carbocycles. The van der Waals surface area contributed by atoms with E-state index in [9.17, 15) is 0 Å². The van der Waals surface area contributed by atoms with Crippen LogP contribution in [-0.2, 0) is 19.3 Å². The van der Waals surface area contributed by atoms with Crippen molar-refractivity contribution in [2.24, 2.45) is 0 Å². The Morgan fingerprint density at radius 2 is 1.68 bits per heavy atom. The summed E-state index contributed by atoms with van der Waals surface area (Å²) in [6, 6.07) is 12.7. The van der Waals surface area contributed by atoms with Crippen LogP contribution in [0.4, 0.5) is 0 Å². The second-order valence-corrected chi connectivity index (χ2v) is 6.10. The van der Waals surface area contributed by atoms with E-state index >= 15 is 0 Å². The van der Waals surface area contributed by atoms with Crippen LogP contribution in [0.25, 0.3) is 0 Å². The minimum atomic E-state index is 0.971. The van der Waals surface area contributed by atoms with E-state index in [1.807, 2.05) is 12.3 Å². The zero-order valence-corrected chi connectivity index (χ0v) is 13.2. The molecule has 1 aliphatic rings. The summed E-state index contributed by atoms with van der Waals surface area (Å²) in [5.74, 6) is 0.996. The average Bonchev–Trinajstić information content (AvgIpc) is 2.60. The fraction of sp³-hybridized carbons (Fsp3) is 0.474. The van der Waals surface area contributed by atoms with Gasteiger partial charge in [-0.05, 0) is 50.4 Å². The first kappa shape index (κ1) is 15.2. The van der Waals surface area contributed by atoms with Gasteiger partial charge in [0.1, 0.15) is 5.82 Å². The van der Waals surface area contributed by atoms with E-state index in [0.717, 1.165) is 37.3 Å². The molecule has 3 nitrogen and oxygen atoms in total. The number of aryl methyl sites for hydroxylation is 2. The van der Waals surface area contributed by atoms with Gasteiger partial charge < -0.3 is 4.90 Å². The summed E-state index contributed by atoms with van der Waals surface area (Å²) in [4.78, 5) is 11.7. The standard InChI is InChI=1S/C19H25N3/c1-3-7-17(8-4-1)9-10-18-11-13-20-19(21-18)12-16-22-14-5-2-6-15-22/h1,3-4,7-8,11,13H,2,5-6,9-10,12,14-16H2. The van der Waals surface area contributed by atoms with E-state index in [2.05, 4.69) is 40.2 Å². The first-order valence-corrected chi connectivity index (χ1v) is 8.47. The third-order valence-electron chi connectivity index (χ3n) is 4.38. The predicted molar refractivity (Wildman–Crippen MR) is 89.9 cm³/mol. The first-order chi connectivity index (χ1) is 10.9. The minimum Gasteiger partial charge on any atom is -0.303 e. The Morgan fingerprint density at radius 3 is 2.50 bits per heavy atom. The fourth-order valence-corrected chi connectivity index (χ4v) is 3.06. The molecule has 22 heavy (non-hydrogen) atoms. The summed E-state index contributed by atoms with van der Waals surface area (Å²) >= 11 is 0. The van der Waals surface area contributed by atoms with E-state index in [4.69, 9.17) is 4.98 Å². The van der Waals surface area contributed by atoms with Gasteiger partial charge in [-0.25, -0.2) is 9.97 Å². The molecule has 0 amide bonds. The largest absolute Gasteiger partial charge is 0.303 e. The third-order valence-corrected chi connectivity index (χ3v) is 4.38. The van der Waals surface area contributed by atoms with Crippen molar-refractivity contribution in [2.45, 2.75) is 38.5 Å². The maximum Gasteiger partial charge on any atom is 0.129 e. The maximum absolute atomic E-state index is 4.73. The Bertz CT molecular complexity index is 562. The molecule has 1 saturated heterocycles. The average molecular weight is 295 g/mol. The van der Waals surface area contributed by atoms with Crippen molar-refractivity contribution in [1.29, 1.82) is 0 Å². The van der Waals surface area contributed by atoms with Crippen molar-refractivity contribution in [3.05, 3.63) is 59.7 Å². The molecule has 0 atom stereocenters. The lowest BCUT2D eigenvalue weighted by atomic mass is 10.1. The molecule has 0 N–H and O–H groups in total. The molecule has 1 aromatic heterocycles. The summed E-state index contributed by atoms with van der Waals surface area (Å²) in [5.41, 5.74) is 2.53. The minimum absolute atomic E-state index is 0.971. The van der Waals surface area contributed by atoms with Crippen LogP contribution < -0.4 is 0 Å². The van der Waals surface area contributed by atoms with Gasteiger partial charge in [0.2, 0.25) is 0 Å². The highest BCUT2D eigenvalue weighted by Gasteiger charge is 2.10. The first-order valence-electron chi connectivity index (χ1n) is 8.47. The van der Waals surface area contributed by atoms with Gasteiger partial charge in [0.25, 0.3) is 0 Å². The number of likely N-dealkylation sites (tertiary alicyclic amines) is 1. The Labute approximate surface area is 133 Å². The van der Waals surface area contributed by atoms with Crippen molar-refractivity contribution in [3.63, 3.8) is 0 Å². The lowest BCUT2D eigenvalue weighted by Gasteiger charge is -2.25. The van der Waals surface area contributed by atoms with Crippen LogP contribution in [0.15, 0.2) is 42.6 Å². The van der Waals surface area contributed by atoms with Crippen molar-refractivity contribution < 1.29 is 0 Å². The van der Waals surface area contributed by atoms with E-state index in [0.29, 0.717) is 0 Å². The molecule has 116 valence electrons. The Morgan fingerprint density at radius 1 is 0.864 bits per heavy atom. The number of hydrogen-bond acceptors (Lipinski definition) is 3. The zero-order chi connectivity index (χ0) is 15.0. The van der Waals surface area contributed by atoms with E-state index < -0.39 is 0 Å². The SMILES string of the molecule is c1ccc(CCc2ccnc(CCN3CCCCC3)n2)cc1. The second kappa shape index (κ2) is 8.04. The molecule has 1 fully saturated rings. The molecule has 0 unspecified atom stereocenters. The molecule has 0 spiro atoms. The van der Waals surface area contributed by atoms with Crippen LogP contribution >= 0.6 is 0 Å². The highest BCUT2D eigenvalue weighted by Crippen LogP contribution is 2.09. The number of nitrogens with zero attached hydrogens (tertiary/aromatic N) is 3. The highest BCUT2D eigenvalue weighted by molar-refractivity contribution is 5.16. The molecular weight excluding hydrogens is 270 g/mol. The zero-order valence-electron chi connectivity index (χ0n) is 13.2. The van der Waals surface area contributed by atoms with Crippen molar-refractivity contribution in [2.75, 3.05) is 19.6 Å². The summed E-state index contributed by atoms with van der Waals surface area (Å²) in [5, 5.41) is 0. The number of benzene rings is 1. The van der Waals surface area contributed by atoms with E-state index in [-0.39, 0.29) is 0 Å². The number of hydrogen-bond donors (Lipinski definition) is 0. The molecule has 2 heterocycles. The molecular formula is C19H25N3. The number of rotatable bonds is 6. The van der Waals surface area contributed by atoms with Crippen LogP contribution in [0.1, 0.15) is 36.3 Å². The maximum atomic E-state index is 4.73. The summed E-state index contributed by atoms with van der Waals surface area (Å²) in [7, 11) is 0. The van der Waals surface area contributed by atoms with Gasteiger partial charge in [-0.3, -0.25) is 0 Å². The molecule has 2 aromatic rings. The lowest BCUT2D eigenvalue weighted by molar-refractivity contribution is 0.230. The van der Waals surface area contributed by atoms with Crippen LogP contribution in [0, 0.1) is 0 Å². The van der Waals surface area contributed by atoms with E-state index in [1.54, 1.807) is 0 Å². The highest BCUT2D eigenvalue weighted by atomic mass is 15.1. The lowest BCUT2D eigenvalue weighted by Crippen LogP contribution is -2.31. The van der Waals surface area contributed by atoms with Gasteiger partial charge in [-0.15, -0.1) is 0 Å². The van der Waals surface area contributed by atoms with Gasteiger partial charge in [0.05, 0.1) is 0 Å². The molecule has 0 bridgehead atoms. The van der Waals surface area contributed by atoms with Crippen LogP contribution in [0.3, 0.4) is 0 Å². The molecule has 0 radical (unpaired) electrons. The predicted octanol–water partition coefficient (Wildman–Crippen LogP) is 3.29. The monoisotopic (exact) mass is 295 g/mol. The second-order valence-electron chi connectivity index (χ2n) is 6.10. The van der Waals surface area contributed by atoms with Crippen molar-refractivity contribution >= 4 is 0 Å². The molecule has 3 rings (SSSR count). The topological polar surface area (TPSA) is 29.0 Å². The number of piperidine rings is 1. The van der Waals surface area contributed by atoms with Crippen LogP contribution in [0.2, 0.25) is 0 Å². The van der Waals surface area contributed by atoms with Crippen LogP contribution in [-0.4, -0.2) is 34.5 Å². The van der Waals surface area contributed by atoms with E-state index in [1.165, 1.54) is 37.9 Å². The van der Waals surface area contributed by atoms with Gasteiger partial charge in [0, 0.05) is 24.9 Å². The quantitative estimate of drug-likeness (QED) is 0.819. The Hall–Kier alpha value is -1.74. The van der Waals surface area contributed by atoms with Gasteiger partial charge in [0.15, 0.2) is 0 Å². The van der Waals surface area contributed by atoms with Crippen LogP contribution in [0.5, 0.6) is 0 Å². The molecule has 1 aliphatic heterocycles. The van der Waals surface area contributed by atoms with Gasteiger partial charge in [-0.2, -0.15) is 0 Å². The van der Waals surface area contributed by atoms with Gasteiger partial charge in [-0.1, -0.05) is 36.8 Å². The molecule has 1 aromatic carbocycles. The summed E-state index contributed by atoms with van der Waals surface area (Å²) in [6.45, 7) is 3.59. The van der Waals surface area contributed by atoms with Crippen molar-refractivity contribution in [3.8, 4) is 0 Å². The van der Waals surface area contributed by atoms with Crippen molar-refractivity contribution in [1.82, 2.24) is 14.9 Å². The summed E-state index contributed by atoms with van der Waals surface area (Å²) < 4.78 is 0. The summed E-state index contributed by atoms with van der Waals surface area (Å²) in [6.07, 6.45) is 9.00. The molecule has 3 heteroatoms. The normalized spacial score (nSPS) is 15.8. The fourth-order valence-electron chi connectivity index (χ4n) is 3.06.